The summed E-state index contributed by atoms with van der Waals surface area (Å²) in [6.45, 7) is 1.61. The summed E-state index contributed by atoms with van der Waals surface area (Å²) >= 11 is 0. The summed E-state index contributed by atoms with van der Waals surface area (Å²) in [4.78, 5) is 66.4. The average molecular weight is 642 g/mol. The Morgan fingerprint density at radius 3 is 2.35 bits per heavy atom. The van der Waals surface area contributed by atoms with E-state index < -0.39 is 28.9 Å². The number of nitrogens with two attached hydrogens (primary N) is 2. The number of aromatic amines is 1. The van der Waals surface area contributed by atoms with Gasteiger partial charge in [-0.15, -0.1) is 0 Å². The fraction of sp³-hybridized carbons (Fsp3) is 0.444. The van der Waals surface area contributed by atoms with Crippen LogP contribution in [0.4, 0.5) is 11.6 Å². The van der Waals surface area contributed by atoms with Crippen LogP contribution in [0.2, 0.25) is 0 Å². The zero-order chi connectivity index (χ0) is 33.4. The van der Waals surface area contributed by atoms with E-state index in [1.165, 1.54) is 18.3 Å². The molecule has 0 aliphatic heterocycles. The van der Waals surface area contributed by atoms with Crippen LogP contribution in [0.15, 0.2) is 40.4 Å². The summed E-state index contributed by atoms with van der Waals surface area (Å²) in [5.41, 5.74) is 18.1. The second kappa shape index (κ2) is 17.8. The molecular formula is C27H35N11O8. The molecule has 2 amide bonds. The zero-order valence-electron chi connectivity index (χ0n) is 24.8. The van der Waals surface area contributed by atoms with Crippen LogP contribution in [0.25, 0.3) is 21.6 Å². The minimum Gasteiger partial charge on any atom is -0.480 e. The summed E-state index contributed by atoms with van der Waals surface area (Å²) in [5.74, 6) is -2.79. The molecule has 1 aromatic carbocycles. The maximum atomic E-state index is 13.1. The number of ether oxygens (including phenoxy) is 3. The van der Waals surface area contributed by atoms with Gasteiger partial charge in [-0.05, 0) is 36.2 Å². The van der Waals surface area contributed by atoms with E-state index >= 15 is 0 Å². The van der Waals surface area contributed by atoms with E-state index in [2.05, 4.69) is 40.6 Å². The monoisotopic (exact) mass is 641 g/mol. The van der Waals surface area contributed by atoms with Gasteiger partial charge in [0.15, 0.2) is 11.2 Å². The van der Waals surface area contributed by atoms with Gasteiger partial charge in [0.1, 0.15) is 5.54 Å². The van der Waals surface area contributed by atoms with E-state index in [0.717, 1.165) is 0 Å². The molecule has 0 spiro atoms. The Labute approximate surface area is 261 Å². The summed E-state index contributed by atoms with van der Waals surface area (Å²) < 4.78 is 16.1. The number of carboxylic acids is 1. The molecule has 0 unspecified atom stereocenters. The van der Waals surface area contributed by atoms with Crippen molar-refractivity contribution in [2.24, 2.45) is 10.8 Å². The molecule has 0 aliphatic carbocycles. The van der Waals surface area contributed by atoms with Crippen molar-refractivity contribution in [3.8, 4) is 0 Å². The highest BCUT2D eigenvalue weighted by molar-refractivity contribution is 5.98. The summed E-state index contributed by atoms with van der Waals surface area (Å²) in [7, 11) is 0. The number of nitrogens with one attached hydrogen (secondary N) is 3. The number of amides is 2. The molecular weight excluding hydrogens is 606 g/mol. The number of benzene rings is 1. The second-order valence-electron chi connectivity index (χ2n) is 9.76. The molecule has 2 aromatic heterocycles. The van der Waals surface area contributed by atoms with Gasteiger partial charge in [-0.3, -0.25) is 19.4 Å². The molecule has 0 bridgehead atoms. The van der Waals surface area contributed by atoms with Crippen molar-refractivity contribution in [3.05, 3.63) is 62.5 Å². The van der Waals surface area contributed by atoms with Crippen molar-refractivity contribution < 1.29 is 33.7 Å². The Hall–Kier alpha value is -5.36. The number of azide groups is 1. The van der Waals surface area contributed by atoms with Gasteiger partial charge < -0.3 is 41.4 Å². The summed E-state index contributed by atoms with van der Waals surface area (Å²) in [6, 6.07) is 6.21. The number of anilines is 2. The van der Waals surface area contributed by atoms with Gasteiger partial charge in [0.25, 0.3) is 11.5 Å². The molecule has 3 aromatic rings. The Morgan fingerprint density at radius 2 is 1.70 bits per heavy atom. The van der Waals surface area contributed by atoms with Crippen LogP contribution >= 0.6 is 0 Å². The lowest BCUT2D eigenvalue weighted by Gasteiger charge is -2.30. The molecule has 46 heavy (non-hydrogen) atoms. The van der Waals surface area contributed by atoms with Crippen LogP contribution in [-0.2, 0) is 30.3 Å². The molecule has 0 saturated heterocycles. The number of H-pyrrole nitrogens is 1. The van der Waals surface area contributed by atoms with E-state index in [9.17, 15) is 24.3 Å². The van der Waals surface area contributed by atoms with Crippen molar-refractivity contribution in [1.82, 2.24) is 25.3 Å². The smallest absolute Gasteiger partial charge is 0.329 e. The van der Waals surface area contributed by atoms with Gasteiger partial charge in [0.2, 0.25) is 11.9 Å². The number of rotatable bonds is 21. The number of aliphatic carboxylic acids is 1. The van der Waals surface area contributed by atoms with E-state index in [4.69, 9.17) is 31.2 Å². The predicted molar refractivity (Wildman–Crippen MR) is 163 cm³/mol. The van der Waals surface area contributed by atoms with Crippen LogP contribution in [-0.4, -0.2) is 94.6 Å². The number of hydrogen-bond acceptors (Lipinski definition) is 13. The van der Waals surface area contributed by atoms with E-state index in [1.54, 1.807) is 12.1 Å². The lowest BCUT2D eigenvalue weighted by Crippen LogP contribution is -2.55. The van der Waals surface area contributed by atoms with Crippen LogP contribution in [0.5, 0.6) is 0 Å². The molecule has 19 heteroatoms. The SMILES string of the molecule is [N-]=[N+]=NCCOCCOCCOCC[C@@](CCC(N)=O)(NC(=O)c1ccc(NCc2cnc3nc(N)[nH]c(=O)c3n2)cc1)C(=O)O. The molecule has 1 atom stereocenters. The van der Waals surface area contributed by atoms with Crippen LogP contribution in [0.1, 0.15) is 35.3 Å². The largest absolute Gasteiger partial charge is 0.480 e. The van der Waals surface area contributed by atoms with E-state index in [1.807, 2.05) is 0 Å². The van der Waals surface area contributed by atoms with Crippen molar-refractivity contribution in [2.45, 2.75) is 31.3 Å². The third-order valence-electron chi connectivity index (χ3n) is 6.48. The highest BCUT2D eigenvalue weighted by Crippen LogP contribution is 2.21. The Bertz CT molecular complexity index is 1590. The fourth-order valence-electron chi connectivity index (χ4n) is 4.07. The topological polar surface area (TPSA) is 296 Å². The van der Waals surface area contributed by atoms with Gasteiger partial charge >= 0.3 is 5.97 Å². The minimum absolute atomic E-state index is 0.0410. The van der Waals surface area contributed by atoms with Gasteiger partial charge in [-0.2, -0.15) is 4.98 Å². The predicted octanol–water partition coefficient (Wildman–Crippen LogP) is 0.476. The molecule has 0 fully saturated rings. The molecule has 0 radical (unpaired) electrons. The van der Waals surface area contributed by atoms with Crippen LogP contribution in [0, 0.1) is 0 Å². The molecule has 3 rings (SSSR count). The van der Waals surface area contributed by atoms with Gasteiger partial charge in [0.05, 0.1) is 51.5 Å². The van der Waals surface area contributed by atoms with Crippen LogP contribution in [0.3, 0.4) is 0 Å². The number of hydrogen-bond donors (Lipinski definition) is 6. The molecule has 2 heterocycles. The lowest BCUT2D eigenvalue weighted by molar-refractivity contribution is -0.146. The highest BCUT2D eigenvalue weighted by atomic mass is 16.5. The normalized spacial score (nSPS) is 12.2. The lowest BCUT2D eigenvalue weighted by atomic mass is 9.89. The number of primary amides is 1. The number of nitrogen functional groups attached to an aromatic ring is 1. The van der Waals surface area contributed by atoms with Gasteiger partial charge in [-0.1, -0.05) is 5.11 Å². The number of carboxylic acid groups (broad SMARTS) is 1. The minimum atomic E-state index is -1.82. The first-order valence-electron chi connectivity index (χ1n) is 14.1. The molecule has 8 N–H and O–H groups in total. The number of nitrogens with zero attached hydrogens (tertiary/aromatic N) is 6. The molecule has 0 saturated carbocycles. The van der Waals surface area contributed by atoms with Crippen molar-refractivity contribution in [3.63, 3.8) is 0 Å². The molecule has 0 aliphatic rings. The van der Waals surface area contributed by atoms with Crippen molar-refractivity contribution >= 4 is 40.6 Å². The van der Waals surface area contributed by atoms with E-state index in [0.29, 0.717) is 18.0 Å². The second-order valence-corrected chi connectivity index (χ2v) is 9.76. The Balaban J connectivity index is 1.53. The molecule has 19 nitrogen and oxygen atoms in total. The average Bonchev–Trinajstić information content (AvgIpc) is 3.03. The van der Waals surface area contributed by atoms with E-state index in [-0.39, 0.29) is 88.1 Å². The van der Waals surface area contributed by atoms with Crippen molar-refractivity contribution in [2.75, 3.05) is 57.2 Å². The number of aromatic nitrogens is 4. The Morgan fingerprint density at radius 1 is 1.02 bits per heavy atom. The zero-order valence-corrected chi connectivity index (χ0v) is 24.8. The molecule has 246 valence electrons. The third-order valence-corrected chi connectivity index (χ3v) is 6.48. The number of carbonyl (C=O) groups is 3. The standard InChI is InChI=1S/C27H35N11O8/c28-20(39)5-6-27(25(42)43,7-9-44-11-13-46-14-12-45-10-8-33-38-30)37-23(40)17-1-3-18(4-2-17)31-15-19-16-32-22-21(34-19)24(41)36-26(29)35-22/h1-4,16,31H,5-15H2,(H2,28,39)(H,37,40)(H,42,43)(H3,29,32,35,36,41)/t27-/m1/s1. The van der Waals surface area contributed by atoms with Gasteiger partial charge in [0, 0.05) is 42.2 Å². The fourth-order valence-corrected chi connectivity index (χ4v) is 4.07. The maximum Gasteiger partial charge on any atom is 0.329 e. The van der Waals surface area contributed by atoms with Crippen LogP contribution < -0.4 is 27.7 Å². The first kappa shape index (κ1) is 35.1. The quantitative estimate of drug-likeness (QED) is 0.0399. The first-order chi connectivity index (χ1) is 22.1. The number of fused-ring (bicyclic) bond motifs is 1. The maximum absolute atomic E-state index is 13.1. The summed E-state index contributed by atoms with van der Waals surface area (Å²) in [5, 5.41) is 19.1. The van der Waals surface area contributed by atoms with Gasteiger partial charge in [-0.25, -0.2) is 14.8 Å². The summed E-state index contributed by atoms with van der Waals surface area (Å²) in [6.07, 6.45) is 0.797. The Kier molecular flexibility index (Phi) is 13.6. The highest BCUT2D eigenvalue weighted by Gasteiger charge is 2.40. The third kappa shape index (κ3) is 11.0. The first-order valence-corrected chi connectivity index (χ1v) is 14.1. The number of carbonyl (C=O) groups excluding carboxylic acids is 2. The van der Waals surface area contributed by atoms with Crippen molar-refractivity contribution in [1.29, 1.82) is 0 Å².